The van der Waals surface area contributed by atoms with Crippen LogP contribution in [0.1, 0.15) is 37.3 Å². The minimum absolute atomic E-state index is 0.00494. The first-order chi connectivity index (χ1) is 14.8. The van der Waals surface area contributed by atoms with Gasteiger partial charge in [-0.05, 0) is 74.2 Å². The molecule has 0 spiro atoms. The molecule has 1 heterocycles. The number of sulfonamides is 1. The summed E-state index contributed by atoms with van der Waals surface area (Å²) in [5.74, 6) is 0.600. The van der Waals surface area contributed by atoms with Gasteiger partial charge in [0.15, 0.2) is 0 Å². The van der Waals surface area contributed by atoms with Crippen LogP contribution in [0.3, 0.4) is 0 Å². The van der Waals surface area contributed by atoms with E-state index in [2.05, 4.69) is 15.4 Å². The molecule has 0 unspecified atom stereocenters. The molecule has 0 atom stereocenters. The van der Waals surface area contributed by atoms with E-state index >= 15 is 0 Å². The number of nitrogens with one attached hydrogen (secondary N) is 3. The van der Waals surface area contributed by atoms with Crippen LogP contribution in [0.15, 0.2) is 36.4 Å². The van der Waals surface area contributed by atoms with Gasteiger partial charge in [-0.25, -0.2) is 8.42 Å². The zero-order valence-corrected chi connectivity index (χ0v) is 18.5. The van der Waals surface area contributed by atoms with Crippen molar-refractivity contribution in [3.05, 3.63) is 47.5 Å². The monoisotopic (exact) mass is 445 g/mol. The van der Waals surface area contributed by atoms with E-state index in [9.17, 15) is 18.0 Å². The van der Waals surface area contributed by atoms with E-state index < -0.39 is 10.0 Å². The first-order valence-electron chi connectivity index (χ1n) is 10.2. The first-order valence-corrected chi connectivity index (χ1v) is 11.9. The smallest absolute Gasteiger partial charge is 0.232 e. The fourth-order valence-corrected chi connectivity index (χ4v) is 3.90. The van der Waals surface area contributed by atoms with Gasteiger partial charge in [0.1, 0.15) is 5.75 Å². The predicted molar refractivity (Wildman–Crippen MR) is 121 cm³/mol. The first kappa shape index (κ1) is 22.6. The highest BCUT2D eigenvalue weighted by molar-refractivity contribution is 7.92. The van der Waals surface area contributed by atoms with Gasteiger partial charge in [0.2, 0.25) is 21.8 Å². The highest BCUT2D eigenvalue weighted by atomic mass is 32.2. The summed E-state index contributed by atoms with van der Waals surface area (Å²) in [4.78, 5) is 23.6. The summed E-state index contributed by atoms with van der Waals surface area (Å²) in [5.41, 5.74) is 3.71. The maximum Gasteiger partial charge on any atom is 0.232 e. The molecule has 1 aliphatic heterocycles. The van der Waals surface area contributed by atoms with Crippen LogP contribution in [-0.4, -0.2) is 32.6 Å². The van der Waals surface area contributed by atoms with Crippen molar-refractivity contribution in [3.8, 4) is 5.75 Å². The largest absolute Gasteiger partial charge is 0.494 e. The molecule has 0 aliphatic carbocycles. The number of hydrogen-bond donors (Lipinski definition) is 3. The number of carbonyl (C=O) groups excluding carboxylic acids is 2. The minimum atomic E-state index is -3.35. The van der Waals surface area contributed by atoms with E-state index in [0.29, 0.717) is 43.7 Å². The average Bonchev–Trinajstić information content (AvgIpc) is 2.73. The molecular weight excluding hydrogens is 418 g/mol. The number of aryl methyl sites for hydroxylation is 2. The van der Waals surface area contributed by atoms with Gasteiger partial charge >= 0.3 is 0 Å². The molecule has 1 aliphatic rings. The van der Waals surface area contributed by atoms with Crippen molar-refractivity contribution in [2.45, 2.75) is 39.5 Å². The van der Waals surface area contributed by atoms with Crippen LogP contribution in [0.25, 0.3) is 0 Å². The van der Waals surface area contributed by atoms with Crippen molar-refractivity contribution in [2.75, 3.05) is 27.7 Å². The summed E-state index contributed by atoms with van der Waals surface area (Å²) in [6.07, 6.45) is 2.01. The molecule has 2 amide bonds. The molecule has 2 aromatic rings. The summed E-state index contributed by atoms with van der Waals surface area (Å²) in [6.45, 7) is 3.75. The van der Waals surface area contributed by atoms with Crippen molar-refractivity contribution < 1.29 is 22.7 Å². The Labute approximate surface area is 182 Å². The number of hydrogen-bond acceptors (Lipinski definition) is 5. The van der Waals surface area contributed by atoms with Crippen LogP contribution >= 0.6 is 0 Å². The summed E-state index contributed by atoms with van der Waals surface area (Å²) in [7, 11) is -3.35. The number of anilines is 3. The van der Waals surface area contributed by atoms with Crippen LogP contribution in [0, 0.1) is 6.92 Å². The van der Waals surface area contributed by atoms with E-state index in [1.54, 1.807) is 32.0 Å². The van der Waals surface area contributed by atoms with Gasteiger partial charge < -0.3 is 15.4 Å². The van der Waals surface area contributed by atoms with Gasteiger partial charge in [0.05, 0.1) is 18.0 Å². The Morgan fingerprint density at radius 2 is 1.97 bits per heavy atom. The van der Waals surface area contributed by atoms with Gasteiger partial charge in [0.25, 0.3) is 0 Å². The van der Waals surface area contributed by atoms with Crippen molar-refractivity contribution in [2.24, 2.45) is 0 Å². The molecule has 0 saturated carbocycles. The normalized spacial score (nSPS) is 13.2. The Balaban J connectivity index is 1.44. The standard InChI is InChI=1S/C22H27N3O5S/c1-3-31(28,29)25-19-9-7-17(13-15(19)2)23-21(26)5-4-12-30-18-8-10-20-16(14-18)6-11-22(27)24-20/h7-10,13-14,25H,3-6,11-12H2,1-2H3,(H,23,26)(H,24,27). The van der Waals surface area contributed by atoms with E-state index in [4.69, 9.17) is 4.74 Å². The molecule has 9 heteroatoms. The molecular formula is C22H27N3O5S. The van der Waals surface area contributed by atoms with Gasteiger partial charge in [-0.1, -0.05) is 0 Å². The number of carbonyl (C=O) groups is 2. The second-order valence-corrected chi connectivity index (χ2v) is 9.41. The third-order valence-electron chi connectivity index (χ3n) is 4.94. The quantitative estimate of drug-likeness (QED) is 0.512. The topological polar surface area (TPSA) is 114 Å². The number of fused-ring (bicyclic) bond motifs is 1. The van der Waals surface area contributed by atoms with Crippen molar-refractivity contribution in [1.29, 1.82) is 0 Å². The van der Waals surface area contributed by atoms with Crippen LogP contribution < -0.4 is 20.1 Å². The molecule has 2 aromatic carbocycles. The lowest BCUT2D eigenvalue weighted by Gasteiger charge is -2.17. The number of benzene rings is 2. The molecule has 0 fully saturated rings. The maximum atomic E-state index is 12.2. The van der Waals surface area contributed by atoms with Gasteiger partial charge in [-0.2, -0.15) is 0 Å². The zero-order valence-electron chi connectivity index (χ0n) is 17.7. The van der Waals surface area contributed by atoms with Crippen molar-refractivity contribution >= 4 is 38.9 Å². The molecule has 31 heavy (non-hydrogen) atoms. The highest BCUT2D eigenvalue weighted by Gasteiger charge is 2.15. The summed E-state index contributed by atoms with van der Waals surface area (Å²) >= 11 is 0. The van der Waals surface area contributed by atoms with Crippen LogP contribution in [0.4, 0.5) is 17.1 Å². The average molecular weight is 446 g/mol. The van der Waals surface area contributed by atoms with E-state index in [1.807, 2.05) is 18.2 Å². The van der Waals surface area contributed by atoms with Crippen LogP contribution in [0.2, 0.25) is 0 Å². The van der Waals surface area contributed by atoms with Gasteiger partial charge in [-0.3, -0.25) is 14.3 Å². The Bertz CT molecular complexity index is 1080. The van der Waals surface area contributed by atoms with Crippen molar-refractivity contribution in [1.82, 2.24) is 0 Å². The third-order valence-corrected chi connectivity index (χ3v) is 6.24. The summed E-state index contributed by atoms with van der Waals surface area (Å²) in [5, 5.41) is 5.65. The second kappa shape index (κ2) is 9.82. The molecule has 8 nitrogen and oxygen atoms in total. The third kappa shape index (κ3) is 6.45. The lowest BCUT2D eigenvalue weighted by Crippen LogP contribution is -2.18. The molecule has 3 N–H and O–H groups in total. The Morgan fingerprint density at radius 1 is 1.16 bits per heavy atom. The van der Waals surface area contributed by atoms with Gasteiger partial charge in [-0.15, -0.1) is 0 Å². The molecule has 0 saturated heterocycles. The van der Waals surface area contributed by atoms with Crippen LogP contribution in [0.5, 0.6) is 5.75 Å². The molecule has 0 radical (unpaired) electrons. The lowest BCUT2D eigenvalue weighted by molar-refractivity contribution is -0.117. The molecule has 166 valence electrons. The minimum Gasteiger partial charge on any atom is -0.494 e. The lowest BCUT2D eigenvalue weighted by atomic mass is 10.0. The SMILES string of the molecule is CCS(=O)(=O)Nc1ccc(NC(=O)CCCOc2ccc3c(c2)CCC(=O)N3)cc1C. The number of amides is 2. The second-order valence-electron chi connectivity index (χ2n) is 7.40. The summed E-state index contributed by atoms with van der Waals surface area (Å²) in [6, 6.07) is 10.6. The Kier molecular flexibility index (Phi) is 7.17. The highest BCUT2D eigenvalue weighted by Crippen LogP contribution is 2.27. The Hall–Kier alpha value is -3.07. The number of rotatable bonds is 9. The van der Waals surface area contributed by atoms with Crippen molar-refractivity contribution in [3.63, 3.8) is 0 Å². The van der Waals surface area contributed by atoms with E-state index in [0.717, 1.165) is 22.6 Å². The molecule has 0 bridgehead atoms. The zero-order chi connectivity index (χ0) is 22.4. The predicted octanol–water partition coefficient (Wildman–Crippen LogP) is 3.44. The fraction of sp³-hybridized carbons (Fsp3) is 0.364. The molecule has 0 aromatic heterocycles. The van der Waals surface area contributed by atoms with Gasteiger partial charge in [0, 0.05) is 24.2 Å². The van der Waals surface area contributed by atoms with E-state index in [-0.39, 0.29) is 17.6 Å². The Morgan fingerprint density at radius 3 is 2.71 bits per heavy atom. The fourth-order valence-electron chi connectivity index (χ4n) is 3.19. The number of ether oxygens (including phenoxy) is 1. The molecule has 3 rings (SSSR count). The van der Waals surface area contributed by atoms with Crippen LogP contribution in [-0.2, 0) is 26.0 Å². The summed E-state index contributed by atoms with van der Waals surface area (Å²) < 4.78 is 31.7. The van der Waals surface area contributed by atoms with E-state index in [1.165, 1.54) is 0 Å². The maximum absolute atomic E-state index is 12.2.